The highest BCUT2D eigenvalue weighted by Gasteiger charge is 2.23. The number of carbonyl (C=O) groups excluding carboxylic acids is 2. The third kappa shape index (κ3) is 3.97. The Kier molecular flexibility index (Phi) is 5.71. The van der Waals surface area contributed by atoms with Crippen molar-refractivity contribution in [2.24, 2.45) is 0 Å². The van der Waals surface area contributed by atoms with Gasteiger partial charge in [0.05, 0.1) is 10.5 Å². The number of benzene rings is 3. The molecule has 0 amide bonds. The topological polar surface area (TPSA) is 80.8 Å². The van der Waals surface area contributed by atoms with Gasteiger partial charge in [0.2, 0.25) is 10.0 Å². The summed E-state index contributed by atoms with van der Waals surface area (Å²) in [7, 11) is -0.861. The number of ether oxygens (including phenoxy) is 1. The van der Waals surface area contributed by atoms with Crippen LogP contribution in [0, 0.1) is 6.92 Å². The molecule has 1 aliphatic rings. The van der Waals surface area contributed by atoms with Gasteiger partial charge >= 0.3 is 5.97 Å². The van der Waals surface area contributed by atoms with Crippen molar-refractivity contribution in [3.05, 3.63) is 88.5 Å². The number of ketones is 1. The number of rotatable bonds is 6. The Hall–Kier alpha value is -3.29. The molecular formula is C25H23NO5S. The van der Waals surface area contributed by atoms with Crippen LogP contribution in [-0.4, -0.2) is 45.2 Å². The zero-order chi connectivity index (χ0) is 23.0. The van der Waals surface area contributed by atoms with Crippen molar-refractivity contribution < 1.29 is 22.7 Å². The Bertz CT molecular complexity index is 1340. The van der Waals surface area contributed by atoms with E-state index in [0.717, 1.165) is 27.4 Å². The van der Waals surface area contributed by atoms with E-state index in [2.05, 4.69) is 6.07 Å². The minimum absolute atomic E-state index is 0.0105. The molecule has 0 heterocycles. The highest BCUT2D eigenvalue weighted by atomic mass is 32.2. The van der Waals surface area contributed by atoms with Gasteiger partial charge in [0.1, 0.15) is 0 Å². The molecule has 4 rings (SSSR count). The van der Waals surface area contributed by atoms with E-state index in [1.165, 1.54) is 31.8 Å². The lowest BCUT2D eigenvalue weighted by atomic mass is 10.0. The first kappa shape index (κ1) is 21.9. The second-order valence-corrected chi connectivity index (χ2v) is 10.1. The van der Waals surface area contributed by atoms with Gasteiger partial charge in [-0.2, -0.15) is 0 Å². The van der Waals surface area contributed by atoms with E-state index >= 15 is 0 Å². The summed E-state index contributed by atoms with van der Waals surface area (Å²) in [5.74, 6) is -1.06. The van der Waals surface area contributed by atoms with Crippen molar-refractivity contribution in [2.75, 3.05) is 20.7 Å². The number of fused-ring (bicyclic) bond motifs is 3. The third-order valence-corrected chi connectivity index (χ3v) is 7.47. The predicted molar refractivity (Wildman–Crippen MR) is 121 cm³/mol. The van der Waals surface area contributed by atoms with E-state index in [1.54, 1.807) is 19.1 Å². The first-order valence-electron chi connectivity index (χ1n) is 10.1. The molecule has 3 aromatic rings. The fourth-order valence-corrected chi connectivity index (χ4v) is 4.71. The predicted octanol–water partition coefficient (Wildman–Crippen LogP) is 3.86. The molecule has 0 aromatic heterocycles. The maximum Gasteiger partial charge on any atom is 0.338 e. The molecule has 0 N–H and O–H groups in total. The average molecular weight is 450 g/mol. The van der Waals surface area contributed by atoms with Crippen LogP contribution in [0.5, 0.6) is 0 Å². The van der Waals surface area contributed by atoms with Gasteiger partial charge in [-0.05, 0) is 59.4 Å². The standard InChI is InChI=1S/C25H23NO5S/c1-16-8-11-20(32(29,30)26(2)3)14-22(16)25(28)31-15-24(27)19-10-9-18-12-17-6-4-5-7-21(17)23(18)13-19/h4-11,13-14H,12,15H2,1-3H3. The fraction of sp³-hybridized carbons (Fsp3) is 0.200. The van der Waals surface area contributed by atoms with Crippen LogP contribution in [-0.2, 0) is 21.2 Å². The van der Waals surface area contributed by atoms with Crippen LogP contribution in [0.3, 0.4) is 0 Å². The van der Waals surface area contributed by atoms with Gasteiger partial charge in [-0.1, -0.05) is 42.5 Å². The SMILES string of the molecule is Cc1ccc(S(=O)(=O)N(C)C)cc1C(=O)OCC(=O)c1ccc2c(c1)-c1ccccc1C2. The molecule has 0 unspecified atom stereocenters. The zero-order valence-electron chi connectivity index (χ0n) is 18.1. The maximum atomic E-state index is 12.7. The number of hydrogen-bond donors (Lipinski definition) is 0. The molecule has 0 spiro atoms. The average Bonchev–Trinajstić information content (AvgIpc) is 3.15. The van der Waals surface area contributed by atoms with Gasteiger partial charge in [-0.3, -0.25) is 4.79 Å². The van der Waals surface area contributed by atoms with E-state index in [0.29, 0.717) is 11.1 Å². The maximum absolute atomic E-state index is 12.7. The van der Waals surface area contributed by atoms with E-state index < -0.39 is 22.6 Å². The molecule has 6 nitrogen and oxygen atoms in total. The lowest BCUT2D eigenvalue weighted by Gasteiger charge is -2.13. The quantitative estimate of drug-likeness (QED) is 0.330. The van der Waals surface area contributed by atoms with Gasteiger partial charge in [0.25, 0.3) is 0 Å². The number of hydrogen-bond acceptors (Lipinski definition) is 5. The summed E-state index contributed by atoms with van der Waals surface area (Å²) in [6.45, 7) is 1.26. The van der Waals surface area contributed by atoms with Crippen LogP contribution in [0.4, 0.5) is 0 Å². The number of Topliss-reactive ketones (excluding diaryl/α,β-unsaturated/α-hetero) is 1. The molecule has 0 atom stereocenters. The summed E-state index contributed by atoms with van der Waals surface area (Å²) >= 11 is 0. The van der Waals surface area contributed by atoms with E-state index in [4.69, 9.17) is 4.74 Å². The second kappa shape index (κ2) is 8.33. The highest BCUT2D eigenvalue weighted by Crippen LogP contribution is 2.36. The monoisotopic (exact) mass is 449 g/mol. The Balaban J connectivity index is 1.51. The number of nitrogens with zero attached hydrogens (tertiary/aromatic N) is 1. The Labute approximate surface area is 187 Å². The van der Waals surface area contributed by atoms with Crippen molar-refractivity contribution in [3.8, 4) is 11.1 Å². The Morgan fingerprint density at radius 3 is 2.41 bits per heavy atom. The second-order valence-electron chi connectivity index (χ2n) is 7.97. The summed E-state index contributed by atoms with van der Waals surface area (Å²) in [5.41, 5.74) is 5.67. The number of carbonyl (C=O) groups is 2. The summed E-state index contributed by atoms with van der Waals surface area (Å²) in [6, 6.07) is 17.9. The molecule has 0 radical (unpaired) electrons. The highest BCUT2D eigenvalue weighted by molar-refractivity contribution is 7.89. The lowest BCUT2D eigenvalue weighted by Crippen LogP contribution is -2.23. The van der Waals surface area contributed by atoms with Gasteiger partial charge in [-0.25, -0.2) is 17.5 Å². The summed E-state index contributed by atoms with van der Waals surface area (Å²) in [6.07, 6.45) is 0.834. The summed E-state index contributed by atoms with van der Waals surface area (Å²) in [4.78, 5) is 25.3. The number of aryl methyl sites for hydroxylation is 1. The fourth-order valence-electron chi connectivity index (χ4n) is 3.78. The summed E-state index contributed by atoms with van der Waals surface area (Å²) < 4.78 is 31.1. The zero-order valence-corrected chi connectivity index (χ0v) is 18.9. The molecule has 1 aliphatic carbocycles. The van der Waals surface area contributed by atoms with Gasteiger partial charge < -0.3 is 4.74 Å². The van der Waals surface area contributed by atoms with Gasteiger partial charge in [0, 0.05) is 19.7 Å². The van der Waals surface area contributed by atoms with Crippen molar-refractivity contribution in [2.45, 2.75) is 18.2 Å². The third-order valence-electron chi connectivity index (χ3n) is 5.66. The largest absolute Gasteiger partial charge is 0.454 e. The van der Waals surface area contributed by atoms with Crippen molar-refractivity contribution in [1.82, 2.24) is 4.31 Å². The van der Waals surface area contributed by atoms with Crippen LogP contribution in [0.15, 0.2) is 65.6 Å². The smallest absolute Gasteiger partial charge is 0.338 e. The lowest BCUT2D eigenvalue weighted by molar-refractivity contribution is 0.0473. The molecule has 7 heteroatoms. The van der Waals surface area contributed by atoms with Gasteiger partial charge in [-0.15, -0.1) is 0 Å². The van der Waals surface area contributed by atoms with Crippen molar-refractivity contribution in [3.63, 3.8) is 0 Å². The first-order chi connectivity index (χ1) is 15.2. The van der Waals surface area contributed by atoms with Crippen LogP contribution in [0.2, 0.25) is 0 Å². The summed E-state index contributed by atoms with van der Waals surface area (Å²) in [5, 5.41) is 0. The van der Waals surface area contributed by atoms with E-state index in [9.17, 15) is 18.0 Å². The van der Waals surface area contributed by atoms with E-state index in [1.807, 2.05) is 30.3 Å². The van der Waals surface area contributed by atoms with E-state index in [-0.39, 0.29) is 16.2 Å². The van der Waals surface area contributed by atoms with Crippen molar-refractivity contribution >= 4 is 21.8 Å². The van der Waals surface area contributed by atoms with Gasteiger partial charge in [0.15, 0.2) is 12.4 Å². The first-order valence-corrected chi connectivity index (χ1v) is 11.6. The molecule has 164 valence electrons. The number of esters is 1. The molecule has 0 saturated heterocycles. The Morgan fingerprint density at radius 2 is 1.66 bits per heavy atom. The van der Waals surface area contributed by atoms with Crippen LogP contribution >= 0.6 is 0 Å². The van der Waals surface area contributed by atoms with Crippen LogP contribution < -0.4 is 0 Å². The molecule has 0 fully saturated rings. The number of sulfonamides is 1. The molecule has 0 saturated carbocycles. The van der Waals surface area contributed by atoms with Crippen molar-refractivity contribution in [1.29, 1.82) is 0 Å². The minimum Gasteiger partial charge on any atom is -0.454 e. The van der Waals surface area contributed by atoms with Crippen LogP contribution in [0.1, 0.15) is 37.4 Å². The molecule has 32 heavy (non-hydrogen) atoms. The normalized spacial score (nSPS) is 12.4. The molecule has 0 bridgehead atoms. The molecule has 0 aliphatic heterocycles. The molecular weight excluding hydrogens is 426 g/mol. The molecule has 3 aromatic carbocycles. The van der Waals surface area contributed by atoms with Crippen LogP contribution in [0.25, 0.3) is 11.1 Å². The minimum atomic E-state index is -3.70. The Morgan fingerprint density at radius 1 is 0.938 bits per heavy atom.